The van der Waals surface area contributed by atoms with Gasteiger partial charge in [0.1, 0.15) is 12.4 Å². The highest BCUT2D eigenvalue weighted by molar-refractivity contribution is 9.10. The summed E-state index contributed by atoms with van der Waals surface area (Å²) in [7, 11) is 0. The lowest BCUT2D eigenvalue weighted by molar-refractivity contribution is -0.159. The first kappa shape index (κ1) is 17.7. The number of alkyl halides is 3. The Morgan fingerprint density at radius 3 is 2.57 bits per heavy atom. The van der Waals surface area contributed by atoms with Gasteiger partial charge in [0.25, 0.3) is 6.02 Å². The summed E-state index contributed by atoms with van der Waals surface area (Å²) in [5.74, 6) is -0.262. The topological polar surface area (TPSA) is 67.8 Å². The number of halogens is 5. The van der Waals surface area contributed by atoms with Crippen LogP contribution in [0.4, 0.5) is 17.6 Å². The van der Waals surface area contributed by atoms with Crippen molar-refractivity contribution in [3.63, 3.8) is 0 Å². The molecule has 0 spiro atoms. The molecule has 0 fully saturated rings. The second kappa shape index (κ2) is 7.60. The first-order chi connectivity index (χ1) is 9.73. The Labute approximate surface area is 126 Å². The van der Waals surface area contributed by atoms with Crippen molar-refractivity contribution in [3.8, 4) is 0 Å². The van der Waals surface area contributed by atoms with Gasteiger partial charge >= 0.3 is 6.18 Å². The molecule has 0 aromatic heterocycles. The van der Waals surface area contributed by atoms with Gasteiger partial charge < -0.3 is 15.6 Å². The predicted octanol–water partition coefficient (Wildman–Crippen LogP) is 2.91. The third-order valence-corrected chi connectivity index (χ3v) is 2.91. The molecule has 0 bridgehead atoms. The van der Waals surface area contributed by atoms with Gasteiger partial charge in [-0.15, -0.1) is 0 Å². The average molecular weight is 373 g/mol. The largest absolute Gasteiger partial charge is 0.465 e. The maximum Gasteiger partial charge on any atom is 0.411 e. The number of ether oxygens (including phenoxy) is 1. The molecular formula is C12H13BrF4N2O2. The van der Waals surface area contributed by atoms with E-state index in [1.54, 1.807) is 12.1 Å². The quantitative estimate of drug-likeness (QED) is 0.744. The minimum atomic E-state index is -4.40. The smallest absolute Gasteiger partial charge is 0.411 e. The van der Waals surface area contributed by atoms with Crippen molar-refractivity contribution >= 4 is 22.0 Å². The van der Waals surface area contributed by atoms with E-state index in [4.69, 9.17) is 15.6 Å². The fourth-order valence-electron chi connectivity index (χ4n) is 1.53. The summed E-state index contributed by atoms with van der Waals surface area (Å²) in [5, 5.41) is 7.28. The van der Waals surface area contributed by atoms with Crippen LogP contribution in [-0.2, 0) is 4.74 Å². The molecule has 0 saturated heterocycles. The number of hydrogen-bond donors (Lipinski definition) is 2. The lowest BCUT2D eigenvalue weighted by Crippen LogP contribution is -2.24. The Balaban J connectivity index is 0.000000315. The van der Waals surface area contributed by atoms with Crippen LogP contribution in [-0.4, -0.2) is 30.5 Å². The van der Waals surface area contributed by atoms with Gasteiger partial charge in [-0.05, 0) is 18.2 Å². The Morgan fingerprint density at radius 2 is 2.05 bits per heavy atom. The first-order valence-electron chi connectivity index (χ1n) is 5.81. The van der Waals surface area contributed by atoms with Crippen molar-refractivity contribution < 1.29 is 27.4 Å². The fraction of sp³-hybridized carbons (Fsp3) is 0.417. The first-order valence-corrected chi connectivity index (χ1v) is 6.61. The number of benzene rings is 1. The number of nitrogens with zero attached hydrogens (tertiary/aromatic N) is 1. The average Bonchev–Trinajstić information content (AvgIpc) is 2.41. The van der Waals surface area contributed by atoms with Gasteiger partial charge in [0.2, 0.25) is 0 Å². The number of nitrogens with two attached hydrogens (primary N) is 1. The molecule has 0 radical (unpaired) electrons. The highest BCUT2D eigenvalue weighted by atomic mass is 79.9. The summed E-state index contributed by atoms with van der Waals surface area (Å²) in [6.45, 7) is -1.25. The molecule has 4 nitrogen and oxygen atoms in total. The van der Waals surface area contributed by atoms with Crippen LogP contribution in [0.1, 0.15) is 18.0 Å². The second-order valence-electron chi connectivity index (χ2n) is 4.06. The van der Waals surface area contributed by atoms with E-state index < -0.39 is 12.8 Å². The van der Waals surface area contributed by atoms with Crippen molar-refractivity contribution in [1.82, 2.24) is 0 Å². The van der Waals surface area contributed by atoms with E-state index in [2.05, 4.69) is 20.9 Å². The number of aliphatic imine (C=N–C) groups is 1. The van der Waals surface area contributed by atoms with E-state index in [1.807, 2.05) is 0 Å². The van der Waals surface area contributed by atoms with E-state index in [1.165, 1.54) is 6.07 Å². The van der Waals surface area contributed by atoms with Gasteiger partial charge in [-0.3, -0.25) is 0 Å². The second-order valence-corrected chi connectivity index (χ2v) is 4.98. The molecule has 1 unspecified atom stereocenters. The summed E-state index contributed by atoms with van der Waals surface area (Å²) in [6.07, 6.45) is -3.76. The monoisotopic (exact) mass is 372 g/mol. The third-order valence-electron chi connectivity index (χ3n) is 2.42. The zero-order chi connectivity index (χ0) is 16.0. The molecule has 1 aliphatic rings. The summed E-state index contributed by atoms with van der Waals surface area (Å²) < 4.78 is 50.9. The van der Waals surface area contributed by atoms with Crippen molar-refractivity contribution in [3.05, 3.63) is 34.1 Å². The van der Waals surface area contributed by atoms with Crippen LogP contribution in [0, 0.1) is 5.82 Å². The van der Waals surface area contributed by atoms with Gasteiger partial charge in [-0.2, -0.15) is 13.2 Å². The van der Waals surface area contributed by atoms with Crippen molar-refractivity contribution in [2.24, 2.45) is 10.7 Å². The molecule has 1 aromatic carbocycles. The number of rotatable bonds is 1. The molecule has 118 valence electrons. The number of hydrogen-bond acceptors (Lipinski definition) is 4. The van der Waals surface area contributed by atoms with E-state index in [-0.39, 0.29) is 17.9 Å². The molecule has 1 atom stereocenters. The number of amidine groups is 1. The molecule has 1 aliphatic heterocycles. The summed E-state index contributed by atoms with van der Waals surface area (Å²) in [4.78, 5) is 4.07. The third kappa shape index (κ3) is 6.30. The lowest BCUT2D eigenvalue weighted by atomic mass is 10.0. The maximum absolute atomic E-state index is 13.5. The van der Waals surface area contributed by atoms with Crippen molar-refractivity contribution in [2.75, 3.05) is 13.2 Å². The molecule has 9 heteroatoms. The van der Waals surface area contributed by atoms with Gasteiger partial charge in [0.15, 0.2) is 0 Å². The zero-order valence-corrected chi connectivity index (χ0v) is 12.3. The lowest BCUT2D eigenvalue weighted by Gasteiger charge is -2.19. The Hall–Kier alpha value is -1.35. The van der Waals surface area contributed by atoms with Gasteiger partial charge in [0, 0.05) is 16.5 Å². The number of aliphatic hydroxyl groups excluding tert-OH is 1. The molecule has 21 heavy (non-hydrogen) atoms. The van der Waals surface area contributed by atoms with Crippen LogP contribution in [0.2, 0.25) is 0 Å². The van der Waals surface area contributed by atoms with Crippen LogP contribution in [0.3, 0.4) is 0 Å². The normalized spacial score (nSPS) is 18.2. The minimum absolute atomic E-state index is 0.130. The number of aliphatic hydroxyl groups is 1. The molecule has 0 aliphatic carbocycles. The Morgan fingerprint density at radius 1 is 1.43 bits per heavy atom. The Kier molecular flexibility index (Phi) is 6.41. The fourth-order valence-corrected chi connectivity index (χ4v) is 1.90. The summed E-state index contributed by atoms with van der Waals surface area (Å²) in [5.41, 5.74) is 6.00. The summed E-state index contributed by atoms with van der Waals surface area (Å²) in [6, 6.07) is 4.69. The Bertz CT molecular complexity index is 509. The molecule has 0 saturated carbocycles. The minimum Gasteiger partial charge on any atom is -0.465 e. The van der Waals surface area contributed by atoms with E-state index in [0.717, 1.165) is 4.47 Å². The van der Waals surface area contributed by atoms with Crippen LogP contribution < -0.4 is 5.73 Å². The SMILES string of the molecule is NC1=NC(c2cc(Br)ccc2F)CCO1.OCC(F)(F)F. The molecule has 1 heterocycles. The van der Waals surface area contributed by atoms with Crippen LogP contribution in [0.5, 0.6) is 0 Å². The summed E-state index contributed by atoms with van der Waals surface area (Å²) >= 11 is 3.30. The van der Waals surface area contributed by atoms with Crippen LogP contribution >= 0.6 is 15.9 Å². The predicted molar refractivity (Wildman–Crippen MR) is 72.2 cm³/mol. The maximum atomic E-state index is 13.5. The zero-order valence-electron chi connectivity index (χ0n) is 10.7. The van der Waals surface area contributed by atoms with Gasteiger partial charge in [0.05, 0.1) is 12.6 Å². The van der Waals surface area contributed by atoms with E-state index in [0.29, 0.717) is 18.6 Å². The van der Waals surface area contributed by atoms with Crippen LogP contribution in [0.25, 0.3) is 0 Å². The highest BCUT2D eigenvalue weighted by Crippen LogP contribution is 2.28. The molecule has 3 N–H and O–H groups in total. The molecule has 2 rings (SSSR count). The molecule has 1 aromatic rings. The van der Waals surface area contributed by atoms with E-state index in [9.17, 15) is 17.6 Å². The van der Waals surface area contributed by atoms with Crippen molar-refractivity contribution in [1.29, 1.82) is 0 Å². The van der Waals surface area contributed by atoms with E-state index >= 15 is 0 Å². The molecular weight excluding hydrogens is 360 g/mol. The standard InChI is InChI=1S/C10H10BrFN2O.C2H3F3O/c11-6-1-2-8(12)7(5-6)9-3-4-15-10(13)14-9;3-2(4,5)1-6/h1-2,5,9H,3-4H2,(H2,13,14);6H,1H2. The van der Waals surface area contributed by atoms with Gasteiger partial charge in [-0.25, -0.2) is 9.38 Å². The van der Waals surface area contributed by atoms with Crippen LogP contribution in [0.15, 0.2) is 27.7 Å². The molecule has 0 amide bonds. The highest BCUT2D eigenvalue weighted by Gasteiger charge is 2.24. The van der Waals surface area contributed by atoms with Crippen molar-refractivity contribution in [2.45, 2.75) is 18.6 Å². The van der Waals surface area contributed by atoms with Gasteiger partial charge in [-0.1, -0.05) is 15.9 Å².